The number of fused-ring (bicyclic) bond motifs is 1. The number of amidine groups is 1. The van der Waals surface area contributed by atoms with Crippen molar-refractivity contribution in [2.45, 2.75) is 6.18 Å². The molecule has 1 aliphatic heterocycles. The summed E-state index contributed by atoms with van der Waals surface area (Å²) < 4.78 is 58.6. The van der Waals surface area contributed by atoms with Crippen LogP contribution in [-0.4, -0.2) is 18.7 Å². The van der Waals surface area contributed by atoms with Crippen molar-refractivity contribution in [1.29, 1.82) is 0 Å². The fourth-order valence-electron chi connectivity index (χ4n) is 3.05. The zero-order chi connectivity index (χ0) is 21.3. The van der Waals surface area contributed by atoms with E-state index in [2.05, 4.69) is 15.5 Å². The Bertz CT molecular complexity index is 1150. The van der Waals surface area contributed by atoms with Gasteiger partial charge in [-0.2, -0.15) is 18.3 Å². The molecule has 0 amide bonds. The summed E-state index contributed by atoms with van der Waals surface area (Å²) in [5, 5.41) is 4.27. The minimum absolute atomic E-state index is 0.155. The van der Waals surface area contributed by atoms with Gasteiger partial charge < -0.3 is 4.74 Å². The van der Waals surface area contributed by atoms with Crippen LogP contribution in [0.5, 0.6) is 5.75 Å². The maximum atomic E-state index is 14.0. The zero-order valence-corrected chi connectivity index (χ0v) is 15.7. The van der Waals surface area contributed by atoms with Crippen molar-refractivity contribution in [2.75, 3.05) is 7.11 Å². The second-order valence-corrected chi connectivity index (χ2v) is 6.50. The average molecular weight is 413 g/mol. The molecule has 0 aromatic heterocycles. The Hall–Kier alpha value is -3.68. The standard InChI is InChI=1S/C22H15F4N3O/c1-30-17-8-5-13(6-9-17)21-27-19-10-7-16(23)12-18(19)20(28-29-21)14-3-2-4-15(11-14)22(24,25)26/h2-12H,1H3,(H,27,29). The van der Waals surface area contributed by atoms with Gasteiger partial charge in [-0.1, -0.05) is 12.1 Å². The van der Waals surface area contributed by atoms with E-state index in [4.69, 9.17) is 4.74 Å². The number of hydrogen-bond acceptors (Lipinski definition) is 4. The number of rotatable bonds is 3. The van der Waals surface area contributed by atoms with Gasteiger partial charge in [0.2, 0.25) is 0 Å². The molecule has 0 saturated heterocycles. The van der Waals surface area contributed by atoms with Crippen molar-refractivity contribution in [3.63, 3.8) is 0 Å². The number of nitrogens with one attached hydrogen (secondary N) is 1. The monoisotopic (exact) mass is 413 g/mol. The molecule has 1 heterocycles. The molecule has 0 atom stereocenters. The third kappa shape index (κ3) is 3.89. The number of alkyl halides is 3. The number of ether oxygens (including phenoxy) is 1. The Morgan fingerprint density at radius 1 is 0.900 bits per heavy atom. The van der Waals surface area contributed by atoms with E-state index in [9.17, 15) is 17.6 Å². The molecule has 0 aliphatic carbocycles. The lowest BCUT2D eigenvalue weighted by Gasteiger charge is -2.11. The van der Waals surface area contributed by atoms with E-state index >= 15 is 0 Å². The third-order valence-electron chi connectivity index (χ3n) is 4.55. The van der Waals surface area contributed by atoms with Gasteiger partial charge in [-0.05, 0) is 54.6 Å². The van der Waals surface area contributed by atoms with Crippen LogP contribution in [0.25, 0.3) is 0 Å². The van der Waals surface area contributed by atoms with E-state index in [0.29, 0.717) is 22.8 Å². The van der Waals surface area contributed by atoms with Gasteiger partial charge in [-0.25, -0.2) is 9.38 Å². The smallest absolute Gasteiger partial charge is 0.416 e. The lowest BCUT2D eigenvalue weighted by Crippen LogP contribution is -2.20. The van der Waals surface area contributed by atoms with Crippen molar-refractivity contribution < 1.29 is 22.3 Å². The zero-order valence-electron chi connectivity index (χ0n) is 15.7. The highest BCUT2D eigenvalue weighted by molar-refractivity contribution is 6.18. The van der Waals surface area contributed by atoms with Gasteiger partial charge in [-0.3, -0.25) is 5.43 Å². The predicted octanol–water partition coefficient (Wildman–Crippen LogP) is 5.29. The molecule has 1 N–H and O–H groups in total. The van der Waals surface area contributed by atoms with Crippen molar-refractivity contribution in [2.24, 2.45) is 10.1 Å². The molecule has 0 unspecified atom stereocenters. The largest absolute Gasteiger partial charge is 0.497 e. The van der Waals surface area contributed by atoms with Crippen molar-refractivity contribution >= 4 is 17.2 Å². The Morgan fingerprint density at radius 3 is 2.37 bits per heavy atom. The molecule has 4 nitrogen and oxygen atoms in total. The Morgan fingerprint density at radius 2 is 1.67 bits per heavy atom. The van der Waals surface area contributed by atoms with Gasteiger partial charge in [0.25, 0.3) is 0 Å². The molecule has 0 saturated carbocycles. The number of halogens is 4. The Balaban J connectivity index is 1.83. The van der Waals surface area contributed by atoms with Gasteiger partial charge in [0.15, 0.2) is 5.84 Å². The van der Waals surface area contributed by atoms with Crippen LogP contribution in [-0.2, 0) is 6.18 Å². The van der Waals surface area contributed by atoms with E-state index in [1.165, 1.54) is 30.3 Å². The molecule has 0 fully saturated rings. The highest BCUT2D eigenvalue weighted by Crippen LogP contribution is 2.32. The van der Waals surface area contributed by atoms with Crippen LogP contribution in [0.2, 0.25) is 0 Å². The third-order valence-corrected chi connectivity index (χ3v) is 4.55. The normalized spacial score (nSPS) is 13.5. The number of hydrazone groups is 1. The van der Waals surface area contributed by atoms with Gasteiger partial charge in [0.1, 0.15) is 17.3 Å². The molecule has 30 heavy (non-hydrogen) atoms. The van der Waals surface area contributed by atoms with Crippen LogP contribution < -0.4 is 10.2 Å². The highest BCUT2D eigenvalue weighted by atomic mass is 19.4. The first-order valence-corrected chi connectivity index (χ1v) is 8.89. The summed E-state index contributed by atoms with van der Waals surface area (Å²) in [7, 11) is 1.55. The van der Waals surface area contributed by atoms with Crippen LogP contribution in [0.4, 0.5) is 23.2 Å². The first kappa shape index (κ1) is 19.6. The van der Waals surface area contributed by atoms with E-state index < -0.39 is 17.6 Å². The second-order valence-electron chi connectivity index (χ2n) is 6.50. The molecule has 8 heteroatoms. The average Bonchev–Trinajstić information content (AvgIpc) is 2.93. The first-order chi connectivity index (χ1) is 14.3. The molecule has 3 aromatic carbocycles. The summed E-state index contributed by atoms with van der Waals surface area (Å²) >= 11 is 0. The van der Waals surface area contributed by atoms with Crippen LogP contribution in [0.1, 0.15) is 22.3 Å². The second kappa shape index (κ2) is 7.62. The number of benzene rings is 3. The summed E-state index contributed by atoms with van der Waals surface area (Å²) in [6.07, 6.45) is -4.51. The van der Waals surface area contributed by atoms with Gasteiger partial charge in [0, 0.05) is 16.7 Å². The quantitative estimate of drug-likeness (QED) is 0.594. The lowest BCUT2D eigenvalue weighted by molar-refractivity contribution is -0.137. The minimum Gasteiger partial charge on any atom is -0.497 e. The van der Waals surface area contributed by atoms with E-state index in [1.807, 2.05) is 0 Å². The topological polar surface area (TPSA) is 46.0 Å². The Kier molecular flexibility index (Phi) is 4.99. The summed E-state index contributed by atoms with van der Waals surface area (Å²) in [4.78, 5) is 4.51. The summed E-state index contributed by atoms with van der Waals surface area (Å²) in [5.41, 5.74) is 3.67. The minimum atomic E-state index is -4.51. The van der Waals surface area contributed by atoms with Gasteiger partial charge in [-0.15, -0.1) is 0 Å². The van der Waals surface area contributed by atoms with E-state index in [-0.39, 0.29) is 16.8 Å². The molecule has 0 spiro atoms. The fraction of sp³-hybridized carbons (Fsp3) is 0.0909. The molecular formula is C22H15F4N3O. The molecule has 3 aromatic rings. The maximum absolute atomic E-state index is 14.0. The maximum Gasteiger partial charge on any atom is 0.416 e. The van der Waals surface area contributed by atoms with Crippen LogP contribution >= 0.6 is 0 Å². The summed E-state index contributed by atoms with van der Waals surface area (Å²) in [5.74, 6) is 0.479. The molecular weight excluding hydrogens is 398 g/mol. The van der Waals surface area contributed by atoms with Crippen LogP contribution in [0, 0.1) is 5.82 Å². The number of nitrogens with zero attached hydrogens (tertiary/aromatic N) is 2. The predicted molar refractivity (Wildman–Crippen MR) is 106 cm³/mol. The van der Waals surface area contributed by atoms with E-state index in [0.717, 1.165) is 12.1 Å². The SMILES string of the molecule is COc1ccc(C2=Nc3ccc(F)cc3C(c3cccc(C(F)(F)F)c3)=NN2)cc1. The molecule has 152 valence electrons. The molecule has 4 rings (SSSR count). The summed E-state index contributed by atoms with van der Waals surface area (Å²) in [6, 6.07) is 15.6. The van der Waals surface area contributed by atoms with Gasteiger partial charge in [0.05, 0.1) is 18.4 Å². The highest BCUT2D eigenvalue weighted by Gasteiger charge is 2.31. The number of aliphatic imine (C=N–C) groups is 1. The Labute approximate surface area is 169 Å². The number of methoxy groups -OCH3 is 1. The summed E-state index contributed by atoms with van der Waals surface area (Å²) in [6.45, 7) is 0. The molecule has 1 aliphatic rings. The van der Waals surface area contributed by atoms with Crippen molar-refractivity contribution in [3.8, 4) is 5.75 Å². The first-order valence-electron chi connectivity index (χ1n) is 8.89. The fourth-order valence-corrected chi connectivity index (χ4v) is 3.05. The van der Waals surface area contributed by atoms with Crippen LogP contribution in [0.15, 0.2) is 76.8 Å². The van der Waals surface area contributed by atoms with Crippen LogP contribution in [0.3, 0.4) is 0 Å². The lowest BCUT2D eigenvalue weighted by atomic mass is 9.99. The molecule has 0 bridgehead atoms. The van der Waals surface area contributed by atoms with Crippen molar-refractivity contribution in [1.82, 2.24) is 5.43 Å². The number of hydrogen-bond donors (Lipinski definition) is 1. The van der Waals surface area contributed by atoms with E-state index in [1.54, 1.807) is 31.4 Å². The van der Waals surface area contributed by atoms with Gasteiger partial charge >= 0.3 is 6.18 Å². The molecule has 0 radical (unpaired) electrons. The van der Waals surface area contributed by atoms with Crippen molar-refractivity contribution in [3.05, 3.63) is 94.8 Å².